The third-order valence-corrected chi connectivity index (χ3v) is 3.11. The van der Waals surface area contributed by atoms with Crippen LogP contribution in [0.5, 0.6) is 0 Å². The zero-order valence-electron chi connectivity index (χ0n) is 12.3. The van der Waals surface area contributed by atoms with Gasteiger partial charge in [-0.05, 0) is 19.4 Å². The Hall–Kier alpha value is -2.37. The van der Waals surface area contributed by atoms with E-state index in [4.69, 9.17) is 4.42 Å². The molecule has 2 rings (SSSR count). The third kappa shape index (κ3) is 3.81. The number of pyridine rings is 1. The molecule has 6 nitrogen and oxygen atoms in total. The van der Waals surface area contributed by atoms with Crippen molar-refractivity contribution >= 4 is 5.91 Å². The highest BCUT2D eigenvalue weighted by Crippen LogP contribution is 2.10. The van der Waals surface area contributed by atoms with E-state index in [1.165, 1.54) is 6.07 Å². The largest absolute Gasteiger partial charge is 0.435 e. The van der Waals surface area contributed by atoms with E-state index in [1.54, 1.807) is 23.8 Å². The van der Waals surface area contributed by atoms with E-state index >= 15 is 0 Å². The molecule has 0 bridgehead atoms. The molecule has 2 aromatic rings. The molecule has 0 radical (unpaired) electrons. The number of aromatic nitrogens is 2. The van der Waals surface area contributed by atoms with Crippen LogP contribution in [-0.4, -0.2) is 22.0 Å². The molecule has 0 fully saturated rings. The molecular formula is C15H19N3O3. The summed E-state index contributed by atoms with van der Waals surface area (Å²) in [6.45, 7) is 4.71. The predicted octanol–water partition coefficient (Wildman–Crippen LogP) is 1.53. The van der Waals surface area contributed by atoms with E-state index < -0.39 is 0 Å². The van der Waals surface area contributed by atoms with Crippen LogP contribution < -0.4 is 10.9 Å². The van der Waals surface area contributed by atoms with Crippen LogP contribution in [0.2, 0.25) is 0 Å². The second-order valence-electron chi connectivity index (χ2n) is 4.72. The fourth-order valence-corrected chi connectivity index (χ4v) is 1.99. The number of aryl methyl sites for hydroxylation is 3. The minimum Gasteiger partial charge on any atom is -0.435 e. The van der Waals surface area contributed by atoms with Crippen LogP contribution in [0.25, 0.3) is 0 Å². The number of oxazole rings is 1. The van der Waals surface area contributed by atoms with E-state index in [0.717, 1.165) is 0 Å². The molecule has 2 heterocycles. The number of amides is 1. The summed E-state index contributed by atoms with van der Waals surface area (Å²) < 4.78 is 6.99. The van der Waals surface area contributed by atoms with Crippen molar-refractivity contribution in [3.05, 3.63) is 52.1 Å². The van der Waals surface area contributed by atoms with Crippen molar-refractivity contribution in [2.24, 2.45) is 0 Å². The number of hydrogen-bond acceptors (Lipinski definition) is 4. The molecule has 0 unspecified atom stereocenters. The van der Waals surface area contributed by atoms with E-state index in [9.17, 15) is 9.59 Å². The van der Waals surface area contributed by atoms with Crippen molar-refractivity contribution in [2.75, 3.05) is 6.54 Å². The lowest BCUT2D eigenvalue weighted by atomic mass is 10.3. The standard InChI is InChI=1S/C15H19N3O3/c1-3-12-17-11(2)14(21-12)15(20)16-8-6-10-18-9-5-4-7-13(18)19/h4-5,7,9H,3,6,8,10H2,1-2H3,(H,16,20). The maximum absolute atomic E-state index is 12.0. The average Bonchev–Trinajstić information content (AvgIpc) is 2.86. The smallest absolute Gasteiger partial charge is 0.289 e. The highest BCUT2D eigenvalue weighted by atomic mass is 16.4. The number of hydrogen-bond donors (Lipinski definition) is 1. The predicted molar refractivity (Wildman–Crippen MR) is 78.3 cm³/mol. The average molecular weight is 289 g/mol. The molecule has 2 aromatic heterocycles. The Balaban J connectivity index is 1.83. The van der Waals surface area contributed by atoms with Gasteiger partial charge >= 0.3 is 0 Å². The molecule has 0 saturated heterocycles. The lowest BCUT2D eigenvalue weighted by Gasteiger charge is -2.06. The summed E-state index contributed by atoms with van der Waals surface area (Å²) in [6.07, 6.45) is 3.06. The summed E-state index contributed by atoms with van der Waals surface area (Å²) in [5.74, 6) is 0.567. The van der Waals surface area contributed by atoms with Gasteiger partial charge in [0.2, 0.25) is 11.3 Å². The lowest BCUT2D eigenvalue weighted by Crippen LogP contribution is -2.27. The van der Waals surface area contributed by atoms with Gasteiger partial charge in [-0.1, -0.05) is 13.0 Å². The summed E-state index contributed by atoms with van der Waals surface area (Å²) in [5.41, 5.74) is 0.561. The first-order valence-electron chi connectivity index (χ1n) is 7.01. The van der Waals surface area contributed by atoms with Gasteiger partial charge in [0.1, 0.15) is 0 Å². The Morgan fingerprint density at radius 3 is 2.90 bits per heavy atom. The second-order valence-corrected chi connectivity index (χ2v) is 4.72. The van der Waals surface area contributed by atoms with Crippen LogP contribution >= 0.6 is 0 Å². The molecule has 0 saturated carbocycles. The van der Waals surface area contributed by atoms with E-state index in [2.05, 4.69) is 10.3 Å². The molecule has 0 atom stereocenters. The quantitative estimate of drug-likeness (QED) is 0.818. The number of carbonyl (C=O) groups is 1. The SMILES string of the molecule is CCc1nc(C)c(C(=O)NCCCn2ccccc2=O)o1. The highest BCUT2D eigenvalue weighted by Gasteiger charge is 2.15. The number of carbonyl (C=O) groups excluding carboxylic acids is 1. The molecule has 0 aliphatic rings. The molecule has 6 heteroatoms. The first-order valence-corrected chi connectivity index (χ1v) is 7.01. The normalized spacial score (nSPS) is 10.6. The first-order chi connectivity index (χ1) is 10.1. The molecule has 0 spiro atoms. The Morgan fingerprint density at radius 2 is 2.24 bits per heavy atom. The van der Waals surface area contributed by atoms with Crippen molar-refractivity contribution in [2.45, 2.75) is 33.2 Å². The number of rotatable bonds is 6. The molecule has 1 N–H and O–H groups in total. The van der Waals surface area contributed by atoms with E-state index in [0.29, 0.717) is 37.5 Å². The maximum atomic E-state index is 12.0. The Labute approximate surface area is 122 Å². The van der Waals surface area contributed by atoms with E-state index in [-0.39, 0.29) is 17.2 Å². The number of nitrogens with zero attached hydrogens (tertiary/aromatic N) is 2. The van der Waals surface area contributed by atoms with Crippen LogP contribution in [0.4, 0.5) is 0 Å². The van der Waals surface area contributed by atoms with Crippen molar-refractivity contribution in [1.29, 1.82) is 0 Å². The van der Waals surface area contributed by atoms with Gasteiger partial charge in [0, 0.05) is 31.8 Å². The van der Waals surface area contributed by atoms with Crippen molar-refractivity contribution in [1.82, 2.24) is 14.9 Å². The summed E-state index contributed by atoms with van der Waals surface area (Å²) in [5, 5.41) is 2.78. The second kappa shape index (κ2) is 6.88. The van der Waals surface area contributed by atoms with Crippen LogP contribution in [0, 0.1) is 6.92 Å². The Bertz CT molecular complexity index is 673. The van der Waals surface area contributed by atoms with Gasteiger partial charge in [0.15, 0.2) is 5.89 Å². The van der Waals surface area contributed by atoms with Crippen LogP contribution in [0.3, 0.4) is 0 Å². The van der Waals surface area contributed by atoms with Crippen LogP contribution in [0.1, 0.15) is 35.5 Å². The van der Waals surface area contributed by atoms with Gasteiger partial charge in [0.25, 0.3) is 5.91 Å². The third-order valence-electron chi connectivity index (χ3n) is 3.11. The zero-order chi connectivity index (χ0) is 15.2. The molecule has 0 aliphatic carbocycles. The van der Waals surface area contributed by atoms with Crippen LogP contribution in [0.15, 0.2) is 33.6 Å². The summed E-state index contributed by atoms with van der Waals surface area (Å²) in [6, 6.07) is 5.03. The monoisotopic (exact) mass is 289 g/mol. The molecule has 21 heavy (non-hydrogen) atoms. The molecule has 112 valence electrons. The minimum absolute atomic E-state index is 0.0394. The molecule has 0 aliphatic heterocycles. The Kier molecular flexibility index (Phi) is 4.92. The summed E-state index contributed by atoms with van der Waals surface area (Å²) >= 11 is 0. The molecule has 0 aromatic carbocycles. The minimum atomic E-state index is -0.264. The summed E-state index contributed by atoms with van der Waals surface area (Å²) in [4.78, 5) is 27.6. The topological polar surface area (TPSA) is 77.1 Å². The van der Waals surface area contributed by atoms with Crippen LogP contribution in [-0.2, 0) is 13.0 Å². The Morgan fingerprint density at radius 1 is 1.43 bits per heavy atom. The fraction of sp³-hybridized carbons (Fsp3) is 0.400. The fourth-order valence-electron chi connectivity index (χ4n) is 1.99. The van der Waals surface area contributed by atoms with Crippen molar-refractivity contribution in [3.63, 3.8) is 0 Å². The molecular weight excluding hydrogens is 270 g/mol. The number of nitrogens with one attached hydrogen (secondary N) is 1. The summed E-state index contributed by atoms with van der Waals surface area (Å²) in [7, 11) is 0. The van der Waals surface area contributed by atoms with Gasteiger partial charge in [-0.2, -0.15) is 0 Å². The van der Waals surface area contributed by atoms with Crippen molar-refractivity contribution < 1.29 is 9.21 Å². The maximum Gasteiger partial charge on any atom is 0.289 e. The van der Waals surface area contributed by atoms with Gasteiger partial charge in [-0.15, -0.1) is 0 Å². The molecule has 1 amide bonds. The van der Waals surface area contributed by atoms with Gasteiger partial charge in [0.05, 0.1) is 5.69 Å². The highest BCUT2D eigenvalue weighted by molar-refractivity contribution is 5.92. The van der Waals surface area contributed by atoms with Gasteiger partial charge < -0.3 is 14.3 Å². The lowest BCUT2D eigenvalue weighted by molar-refractivity contribution is 0.0922. The first kappa shape index (κ1) is 15.0. The van der Waals surface area contributed by atoms with E-state index in [1.807, 2.05) is 13.0 Å². The van der Waals surface area contributed by atoms with Crippen molar-refractivity contribution in [3.8, 4) is 0 Å². The van der Waals surface area contributed by atoms with Gasteiger partial charge in [-0.25, -0.2) is 4.98 Å². The zero-order valence-corrected chi connectivity index (χ0v) is 12.3. The van der Waals surface area contributed by atoms with Gasteiger partial charge in [-0.3, -0.25) is 9.59 Å².